The van der Waals surface area contributed by atoms with Crippen molar-refractivity contribution in [2.75, 3.05) is 19.3 Å². The molecule has 182 valence electrons. The zero-order chi connectivity index (χ0) is 24.6. The first-order valence-corrected chi connectivity index (χ1v) is 13.4. The number of hydrogen-bond acceptors (Lipinski definition) is 5. The standard InChI is InChI=1S/C23H23Cl2FN2O5S/c1-34(31,32)27-22(29)19-10-18(13-4-5-13)21(11-20(19)26)33-17-3-2-6-28(12-17)23(30)14-7-15(24)9-16(25)8-14/h7-11,13,17H,2-6,12H2,1H3,(H,27,29)/t17-/m1/s1. The summed E-state index contributed by atoms with van der Waals surface area (Å²) in [6, 6.07) is 7.16. The van der Waals surface area contributed by atoms with Crippen LogP contribution in [-0.2, 0) is 10.0 Å². The van der Waals surface area contributed by atoms with Crippen molar-refractivity contribution in [3.8, 4) is 5.75 Å². The predicted molar refractivity (Wildman–Crippen MR) is 127 cm³/mol. The van der Waals surface area contributed by atoms with Crippen molar-refractivity contribution in [2.24, 2.45) is 0 Å². The molecular formula is C23H23Cl2FN2O5S. The number of benzene rings is 2. The van der Waals surface area contributed by atoms with Crippen LogP contribution in [0, 0.1) is 5.82 Å². The second kappa shape index (κ2) is 9.71. The molecule has 1 N–H and O–H groups in total. The van der Waals surface area contributed by atoms with E-state index in [1.807, 2.05) is 0 Å². The summed E-state index contributed by atoms with van der Waals surface area (Å²) in [5.74, 6) is -1.71. The molecule has 0 unspecified atom stereocenters. The summed E-state index contributed by atoms with van der Waals surface area (Å²) in [5, 5.41) is 0.732. The number of hydrogen-bond donors (Lipinski definition) is 1. The molecule has 11 heteroatoms. The molecule has 2 fully saturated rings. The molecule has 2 aliphatic rings. The van der Waals surface area contributed by atoms with Crippen molar-refractivity contribution in [1.29, 1.82) is 0 Å². The van der Waals surface area contributed by atoms with Crippen molar-refractivity contribution in [2.45, 2.75) is 37.7 Å². The number of ether oxygens (including phenoxy) is 1. The molecule has 1 aliphatic heterocycles. The van der Waals surface area contributed by atoms with Gasteiger partial charge < -0.3 is 9.64 Å². The van der Waals surface area contributed by atoms with Gasteiger partial charge in [-0.2, -0.15) is 0 Å². The largest absolute Gasteiger partial charge is 0.488 e. The summed E-state index contributed by atoms with van der Waals surface area (Å²) in [6.45, 7) is 0.836. The number of likely N-dealkylation sites (tertiary alicyclic amines) is 1. The summed E-state index contributed by atoms with van der Waals surface area (Å²) in [5.41, 5.74) is 0.687. The molecule has 34 heavy (non-hydrogen) atoms. The van der Waals surface area contributed by atoms with Gasteiger partial charge in [0.1, 0.15) is 17.7 Å². The van der Waals surface area contributed by atoms with Crippen molar-refractivity contribution in [3.63, 3.8) is 0 Å². The quantitative estimate of drug-likeness (QED) is 0.600. The fourth-order valence-electron chi connectivity index (χ4n) is 4.04. The number of carbonyl (C=O) groups excluding carboxylic acids is 2. The van der Waals surface area contributed by atoms with Crippen LogP contribution < -0.4 is 9.46 Å². The monoisotopic (exact) mass is 528 g/mol. The van der Waals surface area contributed by atoms with Gasteiger partial charge in [-0.3, -0.25) is 9.59 Å². The maximum Gasteiger partial charge on any atom is 0.267 e. The van der Waals surface area contributed by atoms with Gasteiger partial charge in [0.25, 0.3) is 11.8 Å². The average Bonchev–Trinajstić information content (AvgIpc) is 3.57. The number of rotatable bonds is 6. The van der Waals surface area contributed by atoms with E-state index in [-0.39, 0.29) is 23.5 Å². The lowest BCUT2D eigenvalue weighted by Crippen LogP contribution is -2.44. The fraction of sp³-hybridized carbons (Fsp3) is 0.391. The SMILES string of the molecule is CS(=O)(=O)NC(=O)c1cc(C2CC2)c(O[C@@H]2CCCN(C(=O)c3cc(Cl)cc(Cl)c3)C2)cc1F. The topological polar surface area (TPSA) is 92.8 Å². The summed E-state index contributed by atoms with van der Waals surface area (Å²) in [4.78, 5) is 26.9. The van der Waals surface area contributed by atoms with Gasteiger partial charge in [-0.15, -0.1) is 0 Å². The van der Waals surface area contributed by atoms with E-state index in [0.29, 0.717) is 52.9 Å². The number of nitrogens with zero attached hydrogens (tertiary/aromatic N) is 1. The van der Waals surface area contributed by atoms with Gasteiger partial charge in [0.15, 0.2) is 0 Å². The lowest BCUT2D eigenvalue weighted by atomic mass is 10.0. The van der Waals surface area contributed by atoms with Gasteiger partial charge in [0, 0.05) is 28.2 Å². The Labute approximate surface area is 207 Å². The number of carbonyl (C=O) groups is 2. The predicted octanol–water partition coefficient (Wildman–Crippen LogP) is 4.38. The van der Waals surface area contributed by atoms with Crippen LogP contribution in [-0.4, -0.2) is 50.6 Å². The Hall–Kier alpha value is -2.36. The number of sulfonamides is 1. The van der Waals surface area contributed by atoms with E-state index in [9.17, 15) is 22.4 Å². The molecule has 7 nitrogen and oxygen atoms in total. The maximum atomic E-state index is 14.8. The third-order valence-electron chi connectivity index (χ3n) is 5.71. The molecule has 0 spiro atoms. The summed E-state index contributed by atoms with van der Waals surface area (Å²) < 4.78 is 45.5. The Morgan fingerprint density at radius 2 is 1.76 bits per heavy atom. The molecule has 0 radical (unpaired) electrons. The molecule has 1 saturated carbocycles. The third kappa shape index (κ3) is 6.00. The molecule has 0 aromatic heterocycles. The lowest BCUT2D eigenvalue weighted by molar-refractivity contribution is 0.0535. The molecule has 1 atom stereocenters. The molecule has 2 aromatic carbocycles. The Kier molecular flexibility index (Phi) is 7.07. The molecule has 0 bridgehead atoms. The first-order chi connectivity index (χ1) is 16.0. The van der Waals surface area contributed by atoms with Crippen molar-refractivity contribution in [1.82, 2.24) is 9.62 Å². The van der Waals surface area contributed by atoms with Crippen molar-refractivity contribution < 1.29 is 27.1 Å². The number of nitrogens with one attached hydrogen (secondary N) is 1. The van der Waals surface area contributed by atoms with E-state index in [0.717, 1.165) is 25.2 Å². The molecule has 1 saturated heterocycles. The zero-order valence-electron chi connectivity index (χ0n) is 18.3. The van der Waals surface area contributed by atoms with Crippen LogP contribution in [0.15, 0.2) is 30.3 Å². The highest BCUT2D eigenvalue weighted by atomic mass is 35.5. The van der Waals surface area contributed by atoms with Gasteiger partial charge in [0.2, 0.25) is 10.0 Å². The van der Waals surface area contributed by atoms with Gasteiger partial charge in [0.05, 0.1) is 18.4 Å². The van der Waals surface area contributed by atoms with Gasteiger partial charge in [-0.25, -0.2) is 17.5 Å². The highest BCUT2D eigenvalue weighted by Gasteiger charge is 2.32. The molecule has 4 rings (SSSR count). The first kappa shape index (κ1) is 24.8. The first-order valence-electron chi connectivity index (χ1n) is 10.8. The Morgan fingerprint density at radius 3 is 2.38 bits per heavy atom. The van der Waals surface area contributed by atoms with Gasteiger partial charge >= 0.3 is 0 Å². The smallest absolute Gasteiger partial charge is 0.267 e. The van der Waals surface area contributed by atoms with E-state index in [1.54, 1.807) is 27.8 Å². The zero-order valence-corrected chi connectivity index (χ0v) is 20.6. The minimum Gasteiger partial charge on any atom is -0.488 e. The Balaban J connectivity index is 1.53. The Bertz CT molecular complexity index is 1230. The van der Waals surface area contributed by atoms with Gasteiger partial charge in [-0.05, 0) is 61.4 Å². The number of piperidine rings is 1. The molecule has 1 aliphatic carbocycles. The number of halogens is 3. The normalized spacial score (nSPS) is 18.5. The highest BCUT2D eigenvalue weighted by molar-refractivity contribution is 7.89. The summed E-state index contributed by atoms with van der Waals surface area (Å²) in [6.07, 6.45) is 3.54. The van der Waals surface area contributed by atoms with Crippen LogP contribution in [0.2, 0.25) is 10.0 Å². The summed E-state index contributed by atoms with van der Waals surface area (Å²) in [7, 11) is -3.83. The number of amides is 2. The Morgan fingerprint density at radius 1 is 1.09 bits per heavy atom. The second-order valence-corrected chi connectivity index (χ2v) is 11.3. The van der Waals surface area contributed by atoms with E-state index in [2.05, 4.69) is 0 Å². The molecular weight excluding hydrogens is 506 g/mol. The van der Waals surface area contributed by atoms with Crippen LogP contribution in [0.1, 0.15) is 57.9 Å². The highest BCUT2D eigenvalue weighted by Crippen LogP contribution is 2.45. The minimum absolute atomic E-state index is 0.107. The maximum absolute atomic E-state index is 14.8. The van der Waals surface area contributed by atoms with Crippen LogP contribution in [0.3, 0.4) is 0 Å². The summed E-state index contributed by atoms with van der Waals surface area (Å²) >= 11 is 12.1. The van der Waals surface area contributed by atoms with E-state index < -0.39 is 21.7 Å². The van der Waals surface area contributed by atoms with Crippen LogP contribution in [0.25, 0.3) is 0 Å². The lowest BCUT2D eigenvalue weighted by Gasteiger charge is -2.33. The second-order valence-electron chi connectivity index (χ2n) is 8.64. The van der Waals surface area contributed by atoms with Crippen molar-refractivity contribution >= 4 is 45.0 Å². The van der Waals surface area contributed by atoms with Gasteiger partial charge in [-0.1, -0.05) is 23.2 Å². The third-order valence-corrected chi connectivity index (χ3v) is 6.70. The van der Waals surface area contributed by atoms with Crippen LogP contribution in [0.5, 0.6) is 5.75 Å². The van der Waals surface area contributed by atoms with Crippen molar-refractivity contribution in [3.05, 3.63) is 62.9 Å². The fourth-order valence-corrected chi connectivity index (χ4v) is 5.02. The molecule has 2 amide bonds. The van der Waals surface area contributed by atoms with E-state index >= 15 is 0 Å². The minimum atomic E-state index is -3.83. The van der Waals surface area contributed by atoms with E-state index in [4.69, 9.17) is 27.9 Å². The van der Waals surface area contributed by atoms with Crippen LogP contribution in [0.4, 0.5) is 4.39 Å². The van der Waals surface area contributed by atoms with E-state index in [1.165, 1.54) is 6.07 Å². The van der Waals surface area contributed by atoms with Crippen LogP contribution >= 0.6 is 23.2 Å². The average molecular weight is 529 g/mol. The molecule has 1 heterocycles. The molecule has 2 aromatic rings.